The molecule has 0 spiro atoms. The van der Waals surface area contributed by atoms with Gasteiger partial charge in [0, 0.05) is 17.0 Å². The van der Waals surface area contributed by atoms with E-state index < -0.39 is 0 Å². The first kappa shape index (κ1) is 18.3. The highest BCUT2D eigenvalue weighted by Crippen LogP contribution is 2.30. The number of rotatable bonds is 6. The monoisotopic (exact) mass is 389 g/mol. The Labute approximate surface area is 167 Å². The van der Waals surface area contributed by atoms with Crippen molar-refractivity contribution in [1.82, 2.24) is 25.3 Å². The van der Waals surface area contributed by atoms with Gasteiger partial charge in [0.25, 0.3) is 0 Å². The smallest absolute Gasteiger partial charge is 0.237 e. The minimum absolute atomic E-state index is 0.232. The molecule has 0 aliphatic carbocycles. The van der Waals surface area contributed by atoms with E-state index in [0.717, 1.165) is 22.5 Å². The summed E-state index contributed by atoms with van der Waals surface area (Å²) in [5.41, 5.74) is 3.54. The topological polar surface area (TPSA) is 77.6 Å². The van der Waals surface area contributed by atoms with Crippen molar-refractivity contribution >= 4 is 11.8 Å². The van der Waals surface area contributed by atoms with Gasteiger partial charge in [0.15, 0.2) is 5.82 Å². The van der Waals surface area contributed by atoms with Crippen LogP contribution in [-0.2, 0) is 5.75 Å². The molecule has 2 heterocycles. The van der Waals surface area contributed by atoms with Crippen LogP contribution in [0.25, 0.3) is 22.5 Å². The lowest BCUT2D eigenvalue weighted by Gasteiger charge is -2.09. The number of thioether (sulfide) groups is 1. The van der Waals surface area contributed by atoms with Crippen molar-refractivity contribution < 1.29 is 4.52 Å². The Morgan fingerprint density at radius 2 is 1.46 bits per heavy atom. The molecule has 0 bridgehead atoms. The summed E-state index contributed by atoms with van der Waals surface area (Å²) < 4.78 is 5.30. The molecule has 7 heteroatoms. The third-order valence-corrected chi connectivity index (χ3v) is 4.91. The Bertz CT molecular complexity index is 1050. The molecular weight excluding hydrogens is 370 g/mol. The average Bonchev–Trinajstić information content (AvgIpc) is 3.23. The predicted molar refractivity (Wildman–Crippen MR) is 109 cm³/mol. The van der Waals surface area contributed by atoms with Crippen molar-refractivity contribution in [3.8, 4) is 22.5 Å². The van der Waals surface area contributed by atoms with E-state index in [1.165, 1.54) is 11.8 Å². The Hall–Kier alpha value is -3.06. The van der Waals surface area contributed by atoms with Crippen molar-refractivity contribution in [1.29, 1.82) is 0 Å². The number of nitrogens with zero attached hydrogens (tertiary/aromatic N) is 5. The maximum atomic E-state index is 5.30. The number of hydrogen-bond donors (Lipinski definition) is 0. The summed E-state index contributed by atoms with van der Waals surface area (Å²) in [4.78, 5) is 9.17. The van der Waals surface area contributed by atoms with E-state index in [-0.39, 0.29) is 5.92 Å². The van der Waals surface area contributed by atoms with Crippen LogP contribution >= 0.6 is 11.8 Å². The normalized spacial score (nSPS) is 11.1. The summed E-state index contributed by atoms with van der Waals surface area (Å²) in [5, 5.41) is 13.3. The lowest BCUT2D eigenvalue weighted by molar-refractivity contribution is 0.382. The number of benzene rings is 2. The molecule has 0 aliphatic rings. The van der Waals surface area contributed by atoms with Gasteiger partial charge in [-0.1, -0.05) is 91.4 Å². The molecule has 6 nitrogen and oxygen atoms in total. The van der Waals surface area contributed by atoms with E-state index in [1.54, 1.807) is 0 Å². The fraction of sp³-hybridized carbons (Fsp3) is 0.190. The first-order valence-corrected chi connectivity index (χ1v) is 10.00. The third-order valence-electron chi connectivity index (χ3n) is 4.09. The Morgan fingerprint density at radius 1 is 0.821 bits per heavy atom. The molecule has 140 valence electrons. The molecule has 0 radical (unpaired) electrons. The summed E-state index contributed by atoms with van der Waals surface area (Å²) in [6.45, 7) is 4.06. The van der Waals surface area contributed by atoms with Crippen molar-refractivity contribution in [3.63, 3.8) is 0 Å². The minimum atomic E-state index is 0.232. The van der Waals surface area contributed by atoms with Gasteiger partial charge in [0.1, 0.15) is 11.4 Å². The fourth-order valence-electron chi connectivity index (χ4n) is 2.65. The number of aromatic nitrogens is 5. The molecule has 0 unspecified atom stereocenters. The van der Waals surface area contributed by atoms with Crippen LogP contribution in [0.15, 0.2) is 70.3 Å². The van der Waals surface area contributed by atoms with Crippen molar-refractivity contribution in [2.45, 2.75) is 30.7 Å². The average molecular weight is 389 g/mol. The summed E-state index contributed by atoms with van der Waals surface area (Å²) in [6.07, 6.45) is 0. The van der Waals surface area contributed by atoms with Crippen LogP contribution in [-0.4, -0.2) is 25.3 Å². The van der Waals surface area contributed by atoms with E-state index in [4.69, 9.17) is 9.51 Å². The highest BCUT2D eigenvalue weighted by Gasteiger charge is 2.15. The maximum Gasteiger partial charge on any atom is 0.237 e. The first-order valence-electron chi connectivity index (χ1n) is 9.01. The highest BCUT2D eigenvalue weighted by atomic mass is 32.2. The molecular formula is C21H19N5OS. The van der Waals surface area contributed by atoms with Gasteiger partial charge in [0.2, 0.25) is 11.0 Å². The van der Waals surface area contributed by atoms with Gasteiger partial charge in [-0.05, 0) is 0 Å². The van der Waals surface area contributed by atoms with Gasteiger partial charge in [-0.25, -0.2) is 4.98 Å². The minimum Gasteiger partial charge on any atom is -0.338 e. The van der Waals surface area contributed by atoms with Gasteiger partial charge < -0.3 is 4.52 Å². The Balaban J connectivity index is 1.64. The zero-order valence-corrected chi connectivity index (χ0v) is 16.4. The molecule has 0 amide bonds. The molecule has 4 rings (SSSR count). The van der Waals surface area contributed by atoms with E-state index >= 15 is 0 Å². The van der Waals surface area contributed by atoms with Crippen LogP contribution in [0.3, 0.4) is 0 Å². The Morgan fingerprint density at radius 3 is 2.07 bits per heavy atom. The highest BCUT2D eigenvalue weighted by molar-refractivity contribution is 7.98. The van der Waals surface area contributed by atoms with Crippen molar-refractivity contribution in [3.05, 3.63) is 72.4 Å². The van der Waals surface area contributed by atoms with E-state index in [1.807, 2.05) is 74.5 Å². The molecule has 0 aliphatic heterocycles. The molecule has 0 N–H and O–H groups in total. The second kappa shape index (κ2) is 8.31. The Kier molecular flexibility index (Phi) is 5.43. The predicted octanol–water partition coefficient (Wildman–Crippen LogP) is 5.00. The molecule has 2 aromatic carbocycles. The van der Waals surface area contributed by atoms with Gasteiger partial charge >= 0.3 is 0 Å². The maximum absolute atomic E-state index is 5.30. The summed E-state index contributed by atoms with van der Waals surface area (Å²) in [7, 11) is 0. The molecule has 28 heavy (non-hydrogen) atoms. The van der Waals surface area contributed by atoms with Crippen LogP contribution < -0.4 is 0 Å². The quantitative estimate of drug-likeness (QED) is 0.429. The molecule has 4 aromatic rings. The van der Waals surface area contributed by atoms with Crippen LogP contribution in [0.2, 0.25) is 0 Å². The van der Waals surface area contributed by atoms with E-state index in [9.17, 15) is 0 Å². The number of hydrogen-bond acceptors (Lipinski definition) is 7. The lowest BCUT2D eigenvalue weighted by Crippen LogP contribution is -1.99. The van der Waals surface area contributed by atoms with Gasteiger partial charge in [-0.15, -0.1) is 10.2 Å². The zero-order chi connectivity index (χ0) is 19.3. The molecule has 0 saturated heterocycles. The van der Waals surface area contributed by atoms with Crippen LogP contribution in [0.1, 0.15) is 31.5 Å². The van der Waals surface area contributed by atoms with Crippen LogP contribution in [0.4, 0.5) is 0 Å². The molecule has 0 atom stereocenters. The van der Waals surface area contributed by atoms with Gasteiger partial charge in [-0.3, -0.25) is 0 Å². The van der Waals surface area contributed by atoms with Crippen molar-refractivity contribution in [2.24, 2.45) is 0 Å². The third kappa shape index (κ3) is 4.09. The standard InChI is InChI=1S/C21H19N5OS/c1-14(2)20-22-17(27-26-20)13-28-21-23-18(15-9-5-3-6-10-15)19(24-25-21)16-11-7-4-8-12-16/h3-12,14H,13H2,1-2H3. The first-order chi connectivity index (χ1) is 13.7. The SMILES string of the molecule is CC(C)c1noc(CSc2nnc(-c3ccccc3)c(-c3ccccc3)n2)n1. The van der Waals surface area contributed by atoms with Crippen LogP contribution in [0.5, 0.6) is 0 Å². The van der Waals surface area contributed by atoms with E-state index in [0.29, 0.717) is 22.6 Å². The zero-order valence-electron chi connectivity index (χ0n) is 15.6. The lowest BCUT2D eigenvalue weighted by atomic mass is 10.0. The largest absolute Gasteiger partial charge is 0.338 e. The second-order valence-corrected chi connectivity index (χ2v) is 7.46. The molecule has 0 saturated carbocycles. The summed E-state index contributed by atoms with van der Waals surface area (Å²) >= 11 is 1.43. The summed E-state index contributed by atoms with van der Waals surface area (Å²) in [5.74, 6) is 2.00. The molecule has 0 fully saturated rings. The van der Waals surface area contributed by atoms with E-state index in [2.05, 4.69) is 20.3 Å². The molecule has 2 aromatic heterocycles. The second-order valence-electron chi connectivity index (χ2n) is 6.51. The summed E-state index contributed by atoms with van der Waals surface area (Å²) in [6, 6.07) is 20.0. The van der Waals surface area contributed by atoms with Crippen molar-refractivity contribution in [2.75, 3.05) is 0 Å². The van der Waals surface area contributed by atoms with Crippen LogP contribution in [0, 0.1) is 0 Å². The fourth-order valence-corrected chi connectivity index (χ4v) is 3.27. The van der Waals surface area contributed by atoms with Gasteiger partial charge in [0.05, 0.1) is 5.75 Å². The van der Waals surface area contributed by atoms with Gasteiger partial charge in [-0.2, -0.15) is 4.98 Å².